The van der Waals surface area contributed by atoms with Gasteiger partial charge in [0.2, 0.25) is 5.91 Å². The zero-order valence-corrected chi connectivity index (χ0v) is 14.2. The molecule has 0 bridgehead atoms. The number of thiazole rings is 1. The number of aromatic nitrogens is 1. The molecule has 0 radical (unpaired) electrons. The van der Waals surface area contributed by atoms with E-state index in [2.05, 4.69) is 11.9 Å². The zero-order valence-electron chi connectivity index (χ0n) is 12.6. The van der Waals surface area contributed by atoms with Crippen LogP contribution in [-0.2, 0) is 11.2 Å². The Labute approximate surface area is 138 Å². The van der Waals surface area contributed by atoms with E-state index >= 15 is 0 Å². The summed E-state index contributed by atoms with van der Waals surface area (Å²) in [4.78, 5) is 20.2. The Bertz CT molecular complexity index is 624. The summed E-state index contributed by atoms with van der Waals surface area (Å²) < 4.78 is 0. The molecule has 2 unspecified atom stereocenters. The molecule has 0 aliphatic carbocycles. The third-order valence-corrected chi connectivity index (χ3v) is 6.10. The summed E-state index contributed by atoms with van der Waals surface area (Å²) in [6, 6.07) is 4.32. The Balaban J connectivity index is 1.66. The molecular weight excluding hydrogens is 316 g/mol. The summed E-state index contributed by atoms with van der Waals surface area (Å²) >= 11 is 3.26. The Kier molecular flexibility index (Phi) is 4.90. The summed E-state index contributed by atoms with van der Waals surface area (Å²) in [7, 11) is 0. The number of thiophene rings is 1. The van der Waals surface area contributed by atoms with Gasteiger partial charge in [-0.2, -0.15) is 0 Å². The SMILES string of the molecule is CC1CCC(CO)CN1C(=O)Cc1csc(-c2cccs2)n1. The predicted octanol–water partition coefficient (Wildman–Crippen LogP) is 3.03. The molecule has 4 nitrogen and oxygen atoms in total. The number of piperidine rings is 1. The van der Waals surface area contributed by atoms with E-state index < -0.39 is 0 Å². The van der Waals surface area contributed by atoms with Crippen molar-refractivity contribution in [3.63, 3.8) is 0 Å². The fourth-order valence-electron chi connectivity index (χ4n) is 2.84. The highest BCUT2D eigenvalue weighted by atomic mass is 32.1. The van der Waals surface area contributed by atoms with Crippen molar-refractivity contribution >= 4 is 28.6 Å². The van der Waals surface area contributed by atoms with Crippen molar-refractivity contribution in [3.8, 4) is 9.88 Å². The minimum atomic E-state index is 0.119. The number of aliphatic hydroxyl groups is 1. The van der Waals surface area contributed by atoms with E-state index in [1.807, 2.05) is 27.8 Å². The highest BCUT2D eigenvalue weighted by Crippen LogP contribution is 2.28. The van der Waals surface area contributed by atoms with E-state index in [1.54, 1.807) is 22.7 Å². The van der Waals surface area contributed by atoms with Crippen molar-refractivity contribution in [3.05, 3.63) is 28.6 Å². The van der Waals surface area contributed by atoms with Crippen LogP contribution in [-0.4, -0.2) is 40.1 Å². The first-order chi connectivity index (χ1) is 10.7. The summed E-state index contributed by atoms with van der Waals surface area (Å²) in [6.45, 7) is 2.91. The monoisotopic (exact) mass is 336 g/mol. The summed E-state index contributed by atoms with van der Waals surface area (Å²) in [5, 5.41) is 14.3. The number of hydrogen-bond acceptors (Lipinski definition) is 5. The number of carbonyl (C=O) groups excluding carboxylic acids is 1. The largest absolute Gasteiger partial charge is 0.396 e. The van der Waals surface area contributed by atoms with Crippen LogP contribution in [0.25, 0.3) is 9.88 Å². The highest BCUT2D eigenvalue weighted by Gasteiger charge is 2.28. The van der Waals surface area contributed by atoms with Crippen LogP contribution in [0.1, 0.15) is 25.5 Å². The van der Waals surface area contributed by atoms with Crippen LogP contribution < -0.4 is 0 Å². The van der Waals surface area contributed by atoms with Crippen molar-refractivity contribution in [1.82, 2.24) is 9.88 Å². The average Bonchev–Trinajstić information content (AvgIpc) is 3.18. The molecule has 0 spiro atoms. The Morgan fingerprint density at radius 1 is 1.45 bits per heavy atom. The molecule has 6 heteroatoms. The van der Waals surface area contributed by atoms with Crippen LogP contribution in [0.2, 0.25) is 0 Å². The number of nitrogens with zero attached hydrogens (tertiary/aromatic N) is 2. The van der Waals surface area contributed by atoms with Crippen LogP contribution in [0.5, 0.6) is 0 Å². The molecule has 118 valence electrons. The maximum absolute atomic E-state index is 12.5. The molecule has 1 aliphatic heterocycles. The number of hydrogen-bond donors (Lipinski definition) is 1. The second kappa shape index (κ2) is 6.89. The third kappa shape index (κ3) is 3.39. The molecule has 1 fully saturated rings. The molecule has 0 saturated carbocycles. The molecule has 2 atom stereocenters. The van der Waals surface area contributed by atoms with Crippen LogP contribution in [0.4, 0.5) is 0 Å². The molecule has 3 rings (SSSR count). The number of likely N-dealkylation sites (tertiary alicyclic amines) is 1. The van der Waals surface area contributed by atoms with E-state index in [9.17, 15) is 9.90 Å². The Hall–Kier alpha value is -1.24. The maximum atomic E-state index is 12.5. The summed E-state index contributed by atoms with van der Waals surface area (Å²) in [6.07, 6.45) is 2.32. The van der Waals surface area contributed by atoms with Crippen molar-refractivity contribution in [2.24, 2.45) is 5.92 Å². The van der Waals surface area contributed by atoms with Gasteiger partial charge in [0.1, 0.15) is 5.01 Å². The van der Waals surface area contributed by atoms with Gasteiger partial charge in [-0.15, -0.1) is 22.7 Å². The van der Waals surface area contributed by atoms with E-state index in [1.165, 1.54) is 0 Å². The van der Waals surface area contributed by atoms with Gasteiger partial charge in [0.25, 0.3) is 0 Å². The quantitative estimate of drug-likeness (QED) is 0.934. The second-order valence-electron chi connectivity index (χ2n) is 5.82. The van der Waals surface area contributed by atoms with E-state index in [0.717, 1.165) is 28.4 Å². The molecule has 2 aromatic rings. The van der Waals surface area contributed by atoms with Gasteiger partial charge < -0.3 is 10.0 Å². The smallest absolute Gasteiger partial charge is 0.228 e. The standard InChI is InChI=1S/C16H20N2O2S2/c1-11-4-5-12(9-19)8-18(11)15(20)7-13-10-22-16(17-13)14-3-2-6-21-14/h2-3,6,10-12,19H,4-5,7-9H2,1H3. The highest BCUT2D eigenvalue weighted by molar-refractivity contribution is 7.20. The molecule has 2 aromatic heterocycles. The molecule has 1 amide bonds. The molecule has 1 N–H and O–H groups in total. The normalized spacial score (nSPS) is 22.0. The molecule has 3 heterocycles. The van der Waals surface area contributed by atoms with Crippen LogP contribution in [0, 0.1) is 5.92 Å². The van der Waals surface area contributed by atoms with Gasteiger partial charge in [-0.25, -0.2) is 4.98 Å². The predicted molar refractivity (Wildman–Crippen MR) is 90.1 cm³/mol. The lowest BCUT2D eigenvalue weighted by atomic mass is 9.94. The van der Waals surface area contributed by atoms with Gasteiger partial charge in [0, 0.05) is 24.6 Å². The lowest BCUT2D eigenvalue weighted by molar-refractivity contribution is -0.135. The van der Waals surface area contributed by atoms with Gasteiger partial charge in [0.05, 0.1) is 17.0 Å². The minimum Gasteiger partial charge on any atom is -0.396 e. The Morgan fingerprint density at radius 2 is 2.32 bits per heavy atom. The first kappa shape index (κ1) is 15.6. The molecule has 1 saturated heterocycles. The van der Waals surface area contributed by atoms with Crippen molar-refractivity contribution < 1.29 is 9.90 Å². The van der Waals surface area contributed by atoms with E-state index in [0.29, 0.717) is 13.0 Å². The lowest BCUT2D eigenvalue weighted by Gasteiger charge is -2.37. The van der Waals surface area contributed by atoms with Crippen molar-refractivity contribution in [2.75, 3.05) is 13.2 Å². The average molecular weight is 336 g/mol. The first-order valence-corrected chi connectivity index (χ1v) is 9.32. The van der Waals surface area contributed by atoms with Gasteiger partial charge in [-0.3, -0.25) is 4.79 Å². The number of aliphatic hydroxyl groups excluding tert-OH is 1. The molecule has 0 aromatic carbocycles. The zero-order chi connectivity index (χ0) is 15.5. The molecule has 1 aliphatic rings. The lowest BCUT2D eigenvalue weighted by Crippen LogP contribution is -2.47. The Morgan fingerprint density at radius 3 is 3.05 bits per heavy atom. The fourth-order valence-corrected chi connectivity index (χ4v) is 4.47. The van der Waals surface area contributed by atoms with Crippen molar-refractivity contribution in [2.45, 2.75) is 32.2 Å². The topological polar surface area (TPSA) is 53.4 Å². The number of carbonyl (C=O) groups is 1. The fraction of sp³-hybridized carbons (Fsp3) is 0.500. The maximum Gasteiger partial charge on any atom is 0.228 e. The van der Waals surface area contributed by atoms with Crippen molar-refractivity contribution in [1.29, 1.82) is 0 Å². The summed E-state index contributed by atoms with van der Waals surface area (Å²) in [5.41, 5.74) is 0.844. The second-order valence-corrected chi connectivity index (χ2v) is 7.62. The van der Waals surface area contributed by atoms with E-state index in [-0.39, 0.29) is 24.5 Å². The minimum absolute atomic E-state index is 0.119. The van der Waals surface area contributed by atoms with Gasteiger partial charge >= 0.3 is 0 Å². The van der Waals surface area contributed by atoms with Crippen LogP contribution >= 0.6 is 22.7 Å². The molecule has 22 heavy (non-hydrogen) atoms. The van der Waals surface area contributed by atoms with Gasteiger partial charge in [-0.05, 0) is 37.1 Å². The molecular formula is C16H20N2O2S2. The number of amides is 1. The van der Waals surface area contributed by atoms with E-state index in [4.69, 9.17) is 0 Å². The first-order valence-electron chi connectivity index (χ1n) is 7.56. The summed E-state index contributed by atoms with van der Waals surface area (Å²) in [5.74, 6) is 0.339. The third-order valence-electron chi connectivity index (χ3n) is 4.17. The van der Waals surface area contributed by atoms with Gasteiger partial charge in [-0.1, -0.05) is 6.07 Å². The number of rotatable bonds is 4. The van der Waals surface area contributed by atoms with Crippen LogP contribution in [0.3, 0.4) is 0 Å². The van der Waals surface area contributed by atoms with Crippen LogP contribution in [0.15, 0.2) is 22.9 Å². The van der Waals surface area contributed by atoms with Gasteiger partial charge in [0.15, 0.2) is 0 Å².